The van der Waals surface area contributed by atoms with Gasteiger partial charge in [0.1, 0.15) is 5.75 Å². The molecule has 3 aromatic heterocycles. The molecular formula is C12H8N2OS. The highest BCUT2D eigenvalue weighted by Gasteiger charge is 2.07. The lowest BCUT2D eigenvalue weighted by molar-refractivity contribution is 0.479. The third-order valence-corrected chi connectivity index (χ3v) is 3.43. The summed E-state index contributed by atoms with van der Waals surface area (Å²) in [5, 5.41) is 10.5. The molecule has 0 aliphatic rings. The number of aromatic nitrogens is 2. The van der Waals surface area contributed by atoms with Crippen molar-refractivity contribution in [3.8, 4) is 16.3 Å². The molecule has 0 bridgehead atoms. The third-order valence-electron chi connectivity index (χ3n) is 2.34. The maximum absolute atomic E-state index is 9.66. The van der Waals surface area contributed by atoms with Crippen LogP contribution in [0.2, 0.25) is 0 Å². The van der Waals surface area contributed by atoms with E-state index in [1.165, 1.54) is 6.20 Å². The second-order valence-corrected chi connectivity index (χ2v) is 4.48. The molecule has 0 amide bonds. The highest BCUT2D eigenvalue weighted by Crippen LogP contribution is 2.35. The van der Waals surface area contributed by atoms with Gasteiger partial charge in [0.15, 0.2) is 0 Å². The molecule has 0 atom stereocenters. The van der Waals surface area contributed by atoms with Gasteiger partial charge in [-0.15, -0.1) is 11.3 Å². The Balaban J connectivity index is 2.23. The average Bonchev–Trinajstić information content (AvgIpc) is 2.76. The molecule has 0 aliphatic heterocycles. The van der Waals surface area contributed by atoms with Crippen LogP contribution in [0.15, 0.2) is 42.9 Å². The maximum Gasteiger partial charge on any atom is 0.142 e. The highest BCUT2D eigenvalue weighted by molar-refractivity contribution is 7.22. The first kappa shape index (κ1) is 9.30. The van der Waals surface area contributed by atoms with Crippen LogP contribution in [0.5, 0.6) is 5.75 Å². The Labute approximate surface area is 96.0 Å². The van der Waals surface area contributed by atoms with Crippen molar-refractivity contribution in [3.63, 3.8) is 0 Å². The first-order valence-electron chi connectivity index (χ1n) is 4.82. The molecule has 4 heteroatoms. The second kappa shape index (κ2) is 3.57. The Kier molecular flexibility index (Phi) is 2.08. The van der Waals surface area contributed by atoms with Gasteiger partial charge in [-0.25, -0.2) is 0 Å². The molecule has 3 heterocycles. The SMILES string of the molecule is Oc1cncc2sc(-c3ccccn3)cc12. The minimum atomic E-state index is 0.218. The summed E-state index contributed by atoms with van der Waals surface area (Å²) in [6.45, 7) is 0. The second-order valence-electron chi connectivity index (χ2n) is 3.40. The van der Waals surface area contributed by atoms with Crippen molar-refractivity contribution in [2.45, 2.75) is 0 Å². The van der Waals surface area contributed by atoms with E-state index in [1.54, 1.807) is 23.7 Å². The van der Waals surface area contributed by atoms with Gasteiger partial charge < -0.3 is 5.11 Å². The molecule has 0 aromatic carbocycles. The number of pyridine rings is 2. The van der Waals surface area contributed by atoms with E-state index >= 15 is 0 Å². The van der Waals surface area contributed by atoms with E-state index in [2.05, 4.69) is 9.97 Å². The topological polar surface area (TPSA) is 46.0 Å². The van der Waals surface area contributed by atoms with Crippen LogP contribution in [0.4, 0.5) is 0 Å². The number of hydrogen-bond donors (Lipinski definition) is 1. The molecule has 3 nitrogen and oxygen atoms in total. The first-order valence-corrected chi connectivity index (χ1v) is 5.64. The van der Waals surface area contributed by atoms with Crippen LogP contribution >= 0.6 is 11.3 Å². The van der Waals surface area contributed by atoms with Gasteiger partial charge >= 0.3 is 0 Å². The molecule has 0 fully saturated rings. The summed E-state index contributed by atoms with van der Waals surface area (Å²) in [6, 6.07) is 7.73. The summed E-state index contributed by atoms with van der Waals surface area (Å²) < 4.78 is 0.973. The van der Waals surface area contributed by atoms with Gasteiger partial charge in [0.25, 0.3) is 0 Å². The van der Waals surface area contributed by atoms with Crippen molar-refractivity contribution in [1.29, 1.82) is 0 Å². The minimum Gasteiger partial charge on any atom is -0.506 e. The van der Waals surface area contributed by atoms with E-state index in [9.17, 15) is 5.11 Å². The number of nitrogens with zero attached hydrogens (tertiary/aromatic N) is 2. The van der Waals surface area contributed by atoms with Gasteiger partial charge in [0.2, 0.25) is 0 Å². The number of rotatable bonds is 1. The monoisotopic (exact) mass is 228 g/mol. The fourth-order valence-corrected chi connectivity index (χ4v) is 2.61. The van der Waals surface area contributed by atoms with E-state index in [0.717, 1.165) is 20.7 Å². The Bertz CT molecular complexity index is 634. The standard InChI is InChI=1S/C12H8N2OS/c15-10-6-13-7-12-8(10)5-11(16-12)9-3-1-2-4-14-9/h1-7,15H. The van der Waals surface area contributed by atoms with Crippen LogP contribution in [-0.4, -0.2) is 15.1 Å². The largest absolute Gasteiger partial charge is 0.506 e. The lowest BCUT2D eigenvalue weighted by Gasteiger charge is -1.92. The van der Waals surface area contributed by atoms with Crippen molar-refractivity contribution >= 4 is 21.4 Å². The zero-order chi connectivity index (χ0) is 11.0. The molecule has 0 radical (unpaired) electrons. The van der Waals surface area contributed by atoms with Crippen molar-refractivity contribution < 1.29 is 5.11 Å². The van der Waals surface area contributed by atoms with Crippen LogP contribution < -0.4 is 0 Å². The predicted octanol–water partition coefficient (Wildman–Crippen LogP) is 3.06. The molecule has 3 aromatic rings. The quantitative estimate of drug-likeness (QED) is 0.696. The van der Waals surface area contributed by atoms with Crippen LogP contribution in [0, 0.1) is 0 Å². The average molecular weight is 228 g/mol. The Morgan fingerprint density at radius 1 is 1.19 bits per heavy atom. The molecule has 0 saturated heterocycles. The van der Waals surface area contributed by atoms with Crippen molar-refractivity contribution in [2.24, 2.45) is 0 Å². The third kappa shape index (κ3) is 1.44. The Hall–Kier alpha value is -1.94. The van der Waals surface area contributed by atoms with Crippen LogP contribution in [0.3, 0.4) is 0 Å². The van der Waals surface area contributed by atoms with E-state index in [0.29, 0.717) is 0 Å². The van der Waals surface area contributed by atoms with Gasteiger partial charge in [-0.3, -0.25) is 9.97 Å². The molecule has 1 N–H and O–H groups in total. The zero-order valence-corrected chi connectivity index (χ0v) is 9.11. The lowest BCUT2D eigenvalue weighted by atomic mass is 10.2. The molecular weight excluding hydrogens is 220 g/mol. The molecule has 78 valence electrons. The van der Waals surface area contributed by atoms with E-state index < -0.39 is 0 Å². The van der Waals surface area contributed by atoms with Gasteiger partial charge in [-0.05, 0) is 18.2 Å². The maximum atomic E-state index is 9.66. The van der Waals surface area contributed by atoms with Crippen molar-refractivity contribution in [3.05, 3.63) is 42.9 Å². The molecule has 16 heavy (non-hydrogen) atoms. The fraction of sp³-hybridized carbons (Fsp3) is 0. The van der Waals surface area contributed by atoms with Gasteiger partial charge in [0.05, 0.1) is 21.5 Å². The predicted molar refractivity (Wildman–Crippen MR) is 64.5 cm³/mol. The minimum absolute atomic E-state index is 0.218. The summed E-state index contributed by atoms with van der Waals surface area (Å²) >= 11 is 1.58. The van der Waals surface area contributed by atoms with Crippen LogP contribution in [0.25, 0.3) is 20.7 Å². The number of thiophene rings is 1. The summed E-state index contributed by atoms with van der Waals surface area (Å²) in [6.07, 6.45) is 4.97. The zero-order valence-electron chi connectivity index (χ0n) is 8.29. The Morgan fingerprint density at radius 3 is 2.88 bits per heavy atom. The van der Waals surface area contributed by atoms with Gasteiger partial charge in [0, 0.05) is 17.8 Å². The van der Waals surface area contributed by atoms with Gasteiger partial charge in [-0.2, -0.15) is 0 Å². The summed E-state index contributed by atoms with van der Waals surface area (Å²) in [4.78, 5) is 9.28. The number of aromatic hydroxyl groups is 1. The molecule has 0 saturated carbocycles. The molecule has 3 rings (SSSR count). The number of fused-ring (bicyclic) bond motifs is 1. The van der Waals surface area contributed by atoms with E-state index in [-0.39, 0.29) is 5.75 Å². The van der Waals surface area contributed by atoms with Gasteiger partial charge in [-0.1, -0.05) is 6.07 Å². The van der Waals surface area contributed by atoms with Crippen LogP contribution in [0.1, 0.15) is 0 Å². The lowest BCUT2D eigenvalue weighted by Crippen LogP contribution is -1.75. The first-order chi connectivity index (χ1) is 7.84. The van der Waals surface area contributed by atoms with Crippen molar-refractivity contribution in [1.82, 2.24) is 9.97 Å². The summed E-state index contributed by atoms with van der Waals surface area (Å²) in [5.41, 5.74) is 0.920. The highest BCUT2D eigenvalue weighted by atomic mass is 32.1. The smallest absolute Gasteiger partial charge is 0.142 e. The number of hydrogen-bond acceptors (Lipinski definition) is 4. The summed E-state index contributed by atoms with van der Waals surface area (Å²) in [5.74, 6) is 0.218. The van der Waals surface area contributed by atoms with E-state index in [4.69, 9.17) is 0 Å². The normalized spacial score (nSPS) is 10.8. The fourth-order valence-electron chi connectivity index (χ4n) is 1.58. The Morgan fingerprint density at radius 2 is 2.12 bits per heavy atom. The molecule has 0 unspecified atom stereocenters. The van der Waals surface area contributed by atoms with Crippen molar-refractivity contribution in [2.75, 3.05) is 0 Å². The van der Waals surface area contributed by atoms with Crippen LogP contribution in [-0.2, 0) is 0 Å². The summed E-state index contributed by atoms with van der Waals surface area (Å²) in [7, 11) is 0. The van der Waals surface area contributed by atoms with E-state index in [1.807, 2.05) is 24.3 Å². The molecule has 0 spiro atoms. The molecule has 0 aliphatic carbocycles.